The molecule has 0 aliphatic rings. The SMILES string of the molecule is CC(C)CC(=O)Nc1ccc(Cl)c(-c2ccnc3c(C(=O)c4cccs4)cnn23)c1. The minimum Gasteiger partial charge on any atom is -0.326 e. The lowest BCUT2D eigenvalue weighted by Gasteiger charge is -2.11. The Kier molecular flexibility index (Phi) is 5.65. The number of carbonyl (C=O) groups is 2. The summed E-state index contributed by atoms with van der Waals surface area (Å²) in [6.45, 7) is 3.99. The fraction of sp³-hybridized carbons (Fsp3) is 0.182. The predicted molar refractivity (Wildman–Crippen MR) is 119 cm³/mol. The van der Waals surface area contributed by atoms with Crippen molar-refractivity contribution in [3.8, 4) is 11.3 Å². The number of anilines is 1. The number of ketones is 1. The van der Waals surface area contributed by atoms with E-state index in [-0.39, 0.29) is 17.6 Å². The zero-order valence-corrected chi connectivity index (χ0v) is 18.0. The molecule has 8 heteroatoms. The van der Waals surface area contributed by atoms with Gasteiger partial charge < -0.3 is 5.32 Å². The number of hydrogen-bond acceptors (Lipinski definition) is 5. The van der Waals surface area contributed by atoms with Gasteiger partial charge in [0.15, 0.2) is 5.65 Å². The second-order valence-electron chi connectivity index (χ2n) is 7.27. The average Bonchev–Trinajstić information content (AvgIpc) is 3.38. The highest BCUT2D eigenvalue weighted by atomic mass is 35.5. The summed E-state index contributed by atoms with van der Waals surface area (Å²) in [6, 6.07) is 10.7. The van der Waals surface area contributed by atoms with Gasteiger partial charge in [0.1, 0.15) is 0 Å². The van der Waals surface area contributed by atoms with E-state index in [1.807, 2.05) is 25.3 Å². The molecule has 0 unspecified atom stereocenters. The van der Waals surface area contributed by atoms with E-state index >= 15 is 0 Å². The molecule has 4 rings (SSSR count). The number of rotatable bonds is 6. The van der Waals surface area contributed by atoms with Gasteiger partial charge in [-0.05, 0) is 41.6 Å². The third-order valence-electron chi connectivity index (χ3n) is 4.51. The zero-order chi connectivity index (χ0) is 21.3. The Bertz CT molecular complexity index is 1230. The Hall–Kier alpha value is -3.03. The predicted octanol–water partition coefficient (Wildman–Crippen LogP) is 5.33. The number of nitrogens with one attached hydrogen (secondary N) is 1. The molecular weight excluding hydrogens is 420 g/mol. The largest absolute Gasteiger partial charge is 0.326 e. The number of amides is 1. The first-order chi connectivity index (χ1) is 14.4. The third kappa shape index (κ3) is 3.99. The van der Waals surface area contributed by atoms with Crippen LogP contribution >= 0.6 is 22.9 Å². The molecular formula is C22H19ClN4O2S. The topological polar surface area (TPSA) is 76.4 Å². The van der Waals surface area contributed by atoms with Crippen LogP contribution in [0.15, 0.2) is 54.2 Å². The Morgan fingerprint density at radius 2 is 2.07 bits per heavy atom. The number of hydrogen-bond donors (Lipinski definition) is 1. The Balaban J connectivity index is 1.74. The van der Waals surface area contributed by atoms with E-state index in [1.54, 1.807) is 41.0 Å². The van der Waals surface area contributed by atoms with Crippen LogP contribution in [0.4, 0.5) is 5.69 Å². The van der Waals surface area contributed by atoms with Crippen LogP contribution in [-0.2, 0) is 4.79 Å². The van der Waals surface area contributed by atoms with E-state index in [1.165, 1.54) is 17.5 Å². The maximum absolute atomic E-state index is 12.8. The summed E-state index contributed by atoms with van der Waals surface area (Å²) < 4.78 is 1.60. The quantitative estimate of drug-likeness (QED) is 0.413. The van der Waals surface area contributed by atoms with Crippen molar-refractivity contribution >= 4 is 46.0 Å². The number of nitrogens with zero attached hydrogens (tertiary/aromatic N) is 3. The molecule has 3 heterocycles. The normalized spacial score (nSPS) is 11.2. The molecule has 0 aliphatic heterocycles. The van der Waals surface area contributed by atoms with Crippen LogP contribution in [0.25, 0.3) is 16.9 Å². The molecule has 0 saturated carbocycles. The van der Waals surface area contributed by atoms with Gasteiger partial charge in [-0.25, -0.2) is 9.50 Å². The second kappa shape index (κ2) is 8.38. The fourth-order valence-corrected chi connectivity index (χ4v) is 4.07. The van der Waals surface area contributed by atoms with Crippen LogP contribution in [0, 0.1) is 5.92 Å². The zero-order valence-electron chi connectivity index (χ0n) is 16.4. The maximum atomic E-state index is 12.8. The fourth-order valence-electron chi connectivity index (χ4n) is 3.18. The van der Waals surface area contributed by atoms with Gasteiger partial charge in [0.05, 0.1) is 27.4 Å². The number of halogens is 1. The molecule has 152 valence electrons. The lowest BCUT2D eigenvalue weighted by molar-refractivity contribution is -0.116. The average molecular weight is 439 g/mol. The standard InChI is InChI=1S/C22H19ClN4O2S/c1-13(2)10-20(28)26-14-5-6-17(23)15(11-14)18-7-8-24-22-16(12-25-27(18)22)21(29)19-4-3-9-30-19/h3-9,11-13H,10H2,1-2H3,(H,26,28). The van der Waals surface area contributed by atoms with Gasteiger partial charge in [0, 0.05) is 23.9 Å². The molecule has 6 nitrogen and oxygen atoms in total. The van der Waals surface area contributed by atoms with Crippen molar-refractivity contribution in [3.05, 3.63) is 69.6 Å². The third-order valence-corrected chi connectivity index (χ3v) is 5.71. The van der Waals surface area contributed by atoms with E-state index in [9.17, 15) is 9.59 Å². The summed E-state index contributed by atoms with van der Waals surface area (Å²) in [6.07, 6.45) is 3.58. The Morgan fingerprint density at radius 1 is 1.23 bits per heavy atom. The van der Waals surface area contributed by atoms with E-state index in [2.05, 4.69) is 15.4 Å². The summed E-state index contributed by atoms with van der Waals surface area (Å²) in [7, 11) is 0. The van der Waals surface area contributed by atoms with Crippen molar-refractivity contribution in [1.29, 1.82) is 0 Å². The van der Waals surface area contributed by atoms with Crippen molar-refractivity contribution in [2.45, 2.75) is 20.3 Å². The van der Waals surface area contributed by atoms with Crippen molar-refractivity contribution in [3.63, 3.8) is 0 Å². The van der Waals surface area contributed by atoms with Crippen molar-refractivity contribution in [1.82, 2.24) is 14.6 Å². The minimum atomic E-state index is -0.120. The summed E-state index contributed by atoms with van der Waals surface area (Å²) in [5.74, 6) is 0.0893. The summed E-state index contributed by atoms with van der Waals surface area (Å²) in [4.78, 5) is 29.9. The number of fused-ring (bicyclic) bond motifs is 1. The van der Waals surface area contributed by atoms with Crippen LogP contribution in [0.2, 0.25) is 5.02 Å². The van der Waals surface area contributed by atoms with E-state index in [0.717, 1.165) is 0 Å². The molecule has 0 bridgehead atoms. The lowest BCUT2D eigenvalue weighted by Crippen LogP contribution is -2.13. The monoisotopic (exact) mass is 438 g/mol. The number of benzene rings is 1. The highest BCUT2D eigenvalue weighted by Gasteiger charge is 2.19. The van der Waals surface area contributed by atoms with Crippen molar-refractivity contribution in [2.75, 3.05) is 5.32 Å². The van der Waals surface area contributed by atoms with Crippen LogP contribution in [-0.4, -0.2) is 26.3 Å². The number of carbonyl (C=O) groups excluding carboxylic acids is 2. The van der Waals surface area contributed by atoms with Gasteiger partial charge in [-0.3, -0.25) is 9.59 Å². The molecule has 30 heavy (non-hydrogen) atoms. The first-order valence-electron chi connectivity index (χ1n) is 9.44. The molecule has 0 fully saturated rings. The van der Waals surface area contributed by atoms with Crippen LogP contribution in [0.5, 0.6) is 0 Å². The molecule has 4 aromatic rings. The van der Waals surface area contributed by atoms with Crippen LogP contribution in [0.1, 0.15) is 35.5 Å². The van der Waals surface area contributed by atoms with Gasteiger partial charge in [-0.1, -0.05) is 31.5 Å². The molecule has 3 aromatic heterocycles. The summed E-state index contributed by atoms with van der Waals surface area (Å²) >= 11 is 7.84. The molecule has 0 atom stereocenters. The van der Waals surface area contributed by atoms with Crippen molar-refractivity contribution < 1.29 is 9.59 Å². The van der Waals surface area contributed by atoms with Gasteiger partial charge >= 0.3 is 0 Å². The van der Waals surface area contributed by atoms with Crippen LogP contribution in [0.3, 0.4) is 0 Å². The first-order valence-corrected chi connectivity index (χ1v) is 10.7. The van der Waals surface area contributed by atoms with Gasteiger partial charge in [0.2, 0.25) is 11.7 Å². The minimum absolute atomic E-state index is 0.0546. The smallest absolute Gasteiger partial charge is 0.224 e. The molecule has 0 saturated heterocycles. The number of aromatic nitrogens is 3. The number of thiophene rings is 1. The first kappa shape index (κ1) is 20.3. The molecule has 1 amide bonds. The molecule has 1 aromatic carbocycles. The van der Waals surface area contributed by atoms with Crippen LogP contribution < -0.4 is 5.32 Å². The molecule has 0 radical (unpaired) electrons. The Morgan fingerprint density at radius 3 is 2.80 bits per heavy atom. The summed E-state index contributed by atoms with van der Waals surface area (Å²) in [5, 5.41) is 9.66. The summed E-state index contributed by atoms with van der Waals surface area (Å²) in [5.41, 5.74) is 2.89. The van der Waals surface area contributed by atoms with Gasteiger partial charge in [0.25, 0.3) is 0 Å². The highest BCUT2D eigenvalue weighted by Crippen LogP contribution is 2.31. The Labute approximate surface area is 182 Å². The molecule has 0 spiro atoms. The van der Waals surface area contributed by atoms with E-state index in [0.29, 0.717) is 44.5 Å². The van der Waals surface area contributed by atoms with E-state index < -0.39 is 0 Å². The molecule has 0 aliphatic carbocycles. The van der Waals surface area contributed by atoms with Crippen molar-refractivity contribution in [2.24, 2.45) is 5.92 Å². The van der Waals surface area contributed by atoms with Gasteiger partial charge in [-0.15, -0.1) is 11.3 Å². The lowest BCUT2D eigenvalue weighted by atomic mass is 10.1. The van der Waals surface area contributed by atoms with E-state index in [4.69, 9.17) is 11.6 Å². The second-order valence-corrected chi connectivity index (χ2v) is 8.63. The van der Waals surface area contributed by atoms with Gasteiger partial charge in [-0.2, -0.15) is 5.10 Å². The molecule has 1 N–H and O–H groups in total. The highest BCUT2D eigenvalue weighted by molar-refractivity contribution is 7.12. The maximum Gasteiger partial charge on any atom is 0.224 e.